The summed E-state index contributed by atoms with van der Waals surface area (Å²) in [6.45, 7) is 12.1. The number of H-pyrrole nitrogens is 2. The zero-order valence-corrected chi connectivity index (χ0v) is 40.8. The summed E-state index contributed by atoms with van der Waals surface area (Å²) >= 11 is 0. The second kappa shape index (κ2) is 20.0. The van der Waals surface area contributed by atoms with Crippen LogP contribution in [0.15, 0.2) is 61.2 Å². The third-order valence-electron chi connectivity index (χ3n) is 14.8. The minimum atomic E-state index is -0.762. The van der Waals surface area contributed by atoms with Gasteiger partial charge in [0.2, 0.25) is 11.8 Å². The number of amides is 4. The number of fused-ring (bicyclic) bond motifs is 1. The maximum atomic E-state index is 14.5. The van der Waals surface area contributed by atoms with Gasteiger partial charge in [0.25, 0.3) is 0 Å². The Morgan fingerprint density at radius 1 is 0.623 bits per heavy atom. The number of benzene rings is 1. The maximum absolute atomic E-state index is 14.5. The van der Waals surface area contributed by atoms with E-state index in [9.17, 15) is 19.2 Å². The molecule has 2 unspecified atom stereocenters. The van der Waals surface area contributed by atoms with Crippen molar-refractivity contribution in [3.05, 3.63) is 72.8 Å². The summed E-state index contributed by atoms with van der Waals surface area (Å²) in [5, 5.41) is 5.76. The van der Waals surface area contributed by atoms with Gasteiger partial charge in [-0.25, -0.2) is 19.6 Å². The van der Waals surface area contributed by atoms with Crippen molar-refractivity contribution in [2.75, 3.05) is 14.2 Å². The summed E-state index contributed by atoms with van der Waals surface area (Å²) in [5.41, 5.74) is 5.97. The number of carbonyl (C=O) groups excluding carboxylic acids is 4. The van der Waals surface area contributed by atoms with Gasteiger partial charge in [0.15, 0.2) is 0 Å². The second-order valence-corrected chi connectivity index (χ2v) is 19.8. The molecule has 4 saturated heterocycles. The smallest absolute Gasteiger partial charge is 0.407 e. The third kappa shape index (κ3) is 9.69. The molecule has 4 N–H and O–H groups in total. The Morgan fingerprint density at radius 2 is 1.09 bits per heavy atom. The number of carbonyl (C=O) groups is 4. The van der Waals surface area contributed by atoms with Crippen molar-refractivity contribution in [1.82, 2.24) is 49.8 Å². The molecule has 4 aromatic heterocycles. The molecule has 8 heterocycles. The van der Waals surface area contributed by atoms with E-state index in [1.165, 1.54) is 14.2 Å². The Kier molecular flexibility index (Phi) is 13.8. The molecule has 18 nitrogen and oxygen atoms in total. The molecule has 368 valence electrons. The van der Waals surface area contributed by atoms with Crippen LogP contribution >= 0.6 is 0 Å². The molecule has 69 heavy (non-hydrogen) atoms. The van der Waals surface area contributed by atoms with E-state index in [2.05, 4.69) is 37.1 Å². The number of nitrogens with zero attached hydrogens (tertiary/aromatic N) is 6. The Bertz CT molecular complexity index is 2620. The van der Waals surface area contributed by atoms with Crippen molar-refractivity contribution in [2.24, 2.45) is 11.8 Å². The predicted octanol–water partition coefficient (Wildman–Crippen LogP) is 7.74. The van der Waals surface area contributed by atoms with Crippen LogP contribution in [0.25, 0.3) is 39.4 Å². The van der Waals surface area contributed by atoms with Gasteiger partial charge in [-0.15, -0.1) is 0 Å². The fourth-order valence-electron chi connectivity index (χ4n) is 11.7. The van der Waals surface area contributed by atoms with Crippen molar-refractivity contribution in [2.45, 2.75) is 154 Å². The summed E-state index contributed by atoms with van der Waals surface area (Å²) in [6.07, 6.45) is 11.7. The van der Waals surface area contributed by atoms with E-state index < -0.39 is 24.3 Å². The monoisotopic (exact) mass is 947 g/mol. The molecule has 4 aliphatic rings. The second-order valence-electron chi connectivity index (χ2n) is 19.8. The molecule has 4 amide bonds. The van der Waals surface area contributed by atoms with Gasteiger partial charge in [-0.05, 0) is 122 Å². The number of alkyl carbamates (subject to hydrolysis) is 2. The zero-order valence-electron chi connectivity index (χ0n) is 40.8. The van der Waals surface area contributed by atoms with E-state index >= 15 is 0 Å². The molecule has 0 bridgehead atoms. The van der Waals surface area contributed by atoms with Crippen LogP contribution in [0.2, 0.25) is 0 Å². The lowest BCUT2D eigenvalue weighted by molar-refractivity contribution is -0.141. The maximum Gasteiger partial charge on any atom is 0.407 e. The summed E-state index contributed by atoms with van der Waals surface area (Å²) in [7, 11) is 2.62. The number of methoxy groups -OCH3 is 2. The van der Waals surface area contributed by atoms with Crippen LogP contribution in [-0.4, -0.2) is 126 Å². The molecule has 0 aliphatic carbocycles. The van der Waals surface area contributed by atoms with Crippen LogP contribution in [0.5, 0.6) is 0 Å². The quantitative estimate of drug-likeness (QED) is 0.101. The molecule has 0 saturated carbocycles. The van der Waals surface area contributed by atoms with Crippen molar-refractivity contribution in [3.63, 3.8) is 0 Å². The number of ether oxygens (including phenoxy) is 4. The topological polar surface area (TPSA) is 210 Å². The zero-order chi connectivity index (χ0) is 48.7. The van der Waals surface area contributed by atoms with Crippen LogP contribution in [0, 0.1) is 11.8 Å². The Balaban J connectivity index is 0.917. The average molecular weight is 947 g/mol. The van der Waals surface area contributed by atoms with Gasteiger partial charge in [-0.1, -0.05) is 24.3 Å². The molecule has 9 rings (SSSR count). The molecule has 1 aromatic carbocycles. The molecular formula is C51H66N10O8. The highest BCUT2D eigenvalue weighted by atomic mass is 16.5. The lowest BCUT2D eigenvalue weighted by Gasteiger charge is -2.39. The first-order valence-electron chi connectivity index (χ1n) is 24.5. The summed E-state index contributed by atoms with van der Waals surface area (Å²) in [5.74, 6) is 0.881. The molecule has 4 aliphatic heterocycles. The van der Waals surface area contributed by atoms with Gasteiger partial charge in [0.05, 0.1) is 91.9 Å². The standard InChI is InChI=1S/C51H66N10O8/c1-27-11-17-40(60(27)48(62)43(57-50(64)66-7)35-20-29(3)68-30(4)21-35)46-53-24-37(55-46)33-13-15-34(16-14-33)42-26-52-45(39-10-9-19-59(39)42)38-25-54-47(56-38)41-18-12-28(2)61(41)49(63)44(58-51(65)67-8)36-22-31(5)69-32(6)23-36/h9-10,13-16,19,24-32,35-36,40-41,43-44H,11-12,17-18,20-23H2,1-8H3,(H,53,55)(H,54,56)(H,57,64)(H,58,65)/t27-,28-,29-,30+,31-,32+,35?,36?,40-,41-,43-,44-/m0/s1. The highest BCUT2D eigenvalue weighted by molar-refractivity contribution is 5.88. The van der Waals surface area contributed by atoms with Crippen molar-refractivity contribution in [3.8, 4) is 33.9 Å². The largest absolute Gasteiger partial charge is 0.453 e. The van der Waals surface area contributed by atoms with E-state index in [-0.39, 0.29) is 72.2 Å². The van der Waals surface area contributed by atoms with Crippen LogP contribution in [-0.2, 0) is 28.5 Å². The molecule has 5 aromatic rings. The van der Waals surface area contributed by atoms with Crippen molar-refractivity contribution in [1.29, 1.82) is 0 Å². The lowest BCUT2D eigenvalue weighted by Crippen LogP contribution is -2.55. The van der Waals surface area contributed by atoms with Gasteiger partial charge in [0.1, 0.15) is 29.4 Å². The van der Waals surface area contributed by atoms with Crippen LogP contribution in [0.1, 0.15) is 117 Å². The fourth-order valence-corrected chi connectivity index (χ4v) is 11.7. The highest BCUT2D eigenvalue weighted by Gasteiger charge is 2.46. The number of aromatic amines is 2. The molecule has 0 spiro atoms. The van der Waals surface area contributed by atoms with Gasteiger partial charge in [-0.3, -0.25) is 14.6 Å². The number of nitrogens with one attached hydrogen (secondary N) is 4. The van der Waals surface area contributed by atoms with E-state index in [4.69, 9.17) is 33.9 Å². The minimum Gasteiger partial charge on any atom is -0.453 e. The Hall–Kier alpha value is -6.27. The number of hydrogen-bond acceptors (Lipinski definition) is 11. The van der Waals surface area contributed by atoms with Crippen LogP contribution in [0.3, 0.4) is 0 Å². The molecule has 12 atom stereocenters. The molecule has 4 fully saturated rings. The highest BCUT2D eigenvalue weighted by Crippen LogP contribution is 2.41. The number of hydrogen-bond donors (Lipinski definition) is 4. The summed E-state index contributed by atoms with van der Waals surface area (Å²) in [6, 6.07) is 10.0. The van der Waals surface area contributed by atoms with Gasteiger partial charge in [-0.2, -0.15) is 0 Å². The van der Waals surface area contributed by atoms with Gasteiger partial charge < -0.3 is 53.7 Å². The predicted molar refractivity (Wildman–Crippen MR) is 256 cm³/mol. The number of rotatable bonds is 11. The normalized spacial score (nSPS) is 28.1. The Labute approximate surface area is 402 Å². The van der Waals surface area contributed by atoms with Gasteiger partial charge >= 0.3 is 12.2 Å². The fraction of sp³-hybridized carbons (Fsp3) is 0.549. The first-order chi connectivity index (χ1) is 33.2. The third-order valence-corrected chi connectivity index (χ3v) is 14.8. The van der Waals surface area contributed by atoms with E-state index in [0.717, 1.165) is 65.1 Å². The van der Waals surface area contributed by atoms with Gasteiger partial charge in [0, 0.05) is 23.8 Å². The molecular weight excluding hydrogens is 881 g/mol. The molecule has 18 heteroatoms. The average Bonchev–Trinajstić information content (AvgIpc) is 4.20. The first-order valence-corrected chi connectivity index (χ1v) is 24.5. The number of imidazole rings is 2. The number of aromatic nitrogens is 6. The summed E-state index contributed by atoms with van der Waals surface area (Å²) in [4.78, 5) is 79.6. The molecule has 0 radical (unpaired) electrons. The van der Waals surface area contributed by atoms with E-state index in [1.807, 2.05) is 94.2 Å². The van der Waals surface area contributed by atoms with E-state index in [0.29, 0.717) is 37.3 Å². The first kappa shape index (κ1) is 47.8. The van der Waals surface area contributed by atoms with Crippen LogP contribution < -0.4 is 10.6 Å². The Morgan fingerprint density at radius 3 is 1.58 bits per heavy atom. The van der Waals surface area contributed by atoms with Crippen molar-refractivity contribution >= 4 is 29.5 Å². The SMILES string of the molecule is COC(=O)N[C@H](C(=O)N1[C@@H](C)CC[C@H]1c1ncc(-c2ccc(-c3cnc(-c4cnc([C@@H]5CC[C@H](C)N5C(=O)[C@@H](NC(=O)OC)C5C[C@@H](C)O[C@@H](C)C5)[nH]4)c4cccn34)cc2)[nH]1)C1C[C@@H](C)O[C@@H](C)C1. The lowest BCUT2D eigenvalue weighted by atomic mass is 9.85. The van der Waals surface area contributed by atoms with E-state index in [1.54, 1.807) is 6.20 Å². The number of likely N-dealkylation sites (tertiary alicyclic amines) is 2. The van der Waals surface area contributed by atoms with Crippen molar-refractivity contribution < 1.29 is 38.1 Å². The summed E-state index contributed by atoms with van der Waals surface area (Å²) < 4.78 is 24.0. The van der Waals surface area contributed by atoms with Crippen LogP contribution in [0.4, 0.5) is 9.59 Å². The minimum absolute atomic E-state index is 0.0329.